The van der Waals surface area contributed by atoms with Crippen molar-refractivity contribution in [3.05, 3.63) is 29.8 Å². The van der Waals surface area contributed by atoms with Gasteiger partial charge in [-0.1, -0.05) is 12.1 Å². The molecule has 1 aromatic rings. The van der Waals surface area contributed by atoms with Crippen LogP contribution in [0.4, 0.5) is 0 Å². The van der Waals surface area contributed by atoms with E-state index in [1.165, 1.54) is 7.11 Å². The Morgan fingerprint density at radius 1 is 1.21 bits per heavy atom. The van der Waals surface area contributed by atoms with Crippen molar-refractivity contribution in [3.63, 3.8) is 0 Å². The molecule has 1 rings (SSSR count). The maximum Gasteiger partial charge on any atom is 0.308 e. The molecule has 0 radical (unpaired) electrons. The molecule has 0 saturated carbocycles. The average molecular weight is 266 g/mol. The van der Waals surface area contributed by atoms with E-state index in [1.54, 1.807) is 0 Å². The summed E-state index contributed by atoms with van der Waals surface area (Å²) in [4.78, 5) is 11.4. The number of esters is 1. The predicted octanol–water partition coefficient (Wildman–Crippen LogP) is 3.11. The van der Waals surface area contributed by atoms with Crippen LogP contribution in [0.3, 0.4) is 0 Å². The van der Waals surface area contributed by atoms with E-state index in [9.17, 15) is 4.79 Å². The van der Waals surface area contributed by atoms with Gasteiger partial charge in [-0.15, -0.1) is 0 Å². The molecular weight excluding hydrogens is 244 g/mol. The first-order valence-corrected chi connectivity index (χ1v) is 6.51. The zero-order valence-electron chi connectivity index (χ0n) is 12.0. The predicted molar refractivity (Wildman–Crippen MR) is 73.2 cm³/mol. The lowest BCUT2D eigenvalue weighted by Gasteiger charge is -2.20. The molecule has 4 nitrogen and oxygen atoms in total. The molecule has 106 valence electrons. The Hall–Kier alpha value is -1.55. The van der Waals surface area contributed by atoms with E-state index in [2.05, 4.69) is 0 Å². The van der Waals surface area contributed by atoms with E-state index in [0.717, 1.165) is 11.3 Å². The molecule has 19 heavy (non-hydrogen) atoms. The standard InChI is InChI=1S/C15H22O4/c1-5-18-13-8-6-12(7-9-13)14(19-11(2)3)10-15(16)17-4/h6-9,11,14H,5,10H2,1-4H3/t14-/m0/s1. The summed E-state index contributed by atoms with van der Waals surface area (Å²) >= 11 is 0. The lowest BCUT2D eigenvalue weighted by atomic mass is 10.1. The monoisotopic (exact) mass is 266 g/mol. The van der Waals surface area contributed by atoms with E-state index >= 15 is 0 Å². The molecule has 0 spiro atoms. The largest absolute Gasteiger partial charge is 0.494 e. The number of methoxy groups -OCH3 is 1. The molecular formula is C15H22O4. The molecule has 0 aliphatic heterocycles. The molecule has 0 amide bonds. The van der Waals surface area contributed by atoms with Gasteiger partial charge in [0.2, 0.25) is 0 Å². The highest BCUT2D eigenvalue weighted by Gasteiger charge is 2.18. The molecule has 0 bridgehead atoms. The van der Waals surface area contributed by atoms with Crippen LogP contribution in [-0.2, 0) is 14.3 Å². The normalized spacial score (nSPS) is 12.3. The van der Waals surface area contributed by atoms with Crippen molar-refractivity contribution in [1.29, 1.82) is 0 Å². The minimum absolute atomic E-state index is 0.0428. The van der Waals surface area contributed by atoms with Crippen molar-refractivity contribution in [2.45, 2.75) is 39.4 Å². The smallest absolute Gasteiger partial charge is 0.308 e. The molecule has 0 heterocycles. The lowest BCUT2D eigenvalue weighted by Crippen LogP contribution is -2.15. The zero-order chi connectivity index (χ0) is 14.3. The number of rotatable bonds is 7. The van der Waals surface area contributed by atoms with Crippen molar-refractivity contribution in [3.8, 4) is 5.75 Å². The maximum atomic E-state index is 11.4. The molecule has 0 unspecified atom stereocenters. The molecule has 1 atom stereocenters. The summed E-state index contributed by atoms with van der Waals surface area (Å²) in [5.41, 5.74) is 0.947. The average Bonchev–Trinajstić information content (AvgIpc) is 2.38. The molecule has 0 saturated heterocycles. The summed E-state index contributed by atoms with van der Waals surface area (Å²) in [5.74, 6) is 0.534. The van der Waals surface area contributed by atoms with Crippen LogP contribution in [0.5, 0.6) is 5.75 Å². The Balaban J connectivity index is 2.80. The zero-order valence-corrected chi connectivity index (χ0v) is 12.0. The Morgan fingerprint density at radius 3 is 2.32 bits per heavy atom. The first-order chi connectivity index (χ1) is 9.06. The van der Waals surface area contributed by atoms with E-state index < -0.39 is 0 Å². The summed E-state index contributed by atoms with van der Waals surface area (Å²) in [6.07, 6.45) is -0.0350. The first kappa shape index (κ1) is 15.5. The van der Waals surface area contributed by atoms with E-state index in [0.29, 0.717) is 6.61 Å². The van der Waals surface area contributed by atoms with Crippen LogP contribution in [0.2, 0.25) is 0 Å². The van der Waals surface area contributed by atoms with Gasteiger partial charge in [-0.2, -0.15) is 0 Å². The molecule has 0 aliphatic rings. The van der Waals surface area contributed by atoms with Gasteiger partial charge in [0.05, 0.1) is 32.3 Å². The molecule has 4 heteroatoms. The second-order valence-corrected chi connectivity index (χ2v) is 4.46. The number of ether oxygens (including phenoxy) is 3. The molecule has 0 aliphatic carbocycles. The van der Waals surface area contributed by atoms with Gasteiger partial charge in [-0.3, -0.25) is 4.79 Å². The van der Waals surface area contributed by atoms with Crippen LogP contribution < -0.4 is 4.74 Å². The van der Waals surface area contributed by atoms with Crippen molar-refractivity contribution in [2.24, 2.45) is 0 Å². The van der Waals surface area contributed by atoms with Crippen molar-refractivity contribution < 1.29 is 19.0 Å². The fraction of sp³-hybridized carbons (Fsp3) is 0.533. The van der Waals surface area contributed by atoms with Crippen LogP contribution in [0, 0.1) is 0 Å². The van der Waals surface area contributed by atoms with Crippen molar-refractivity contribution in [2.75, 3.05) is 13.7 Å². The quantitative estimate of drug-likeness (QED) is 0.711. The van der Waals surface area contributed by atoms with Crippen LogP contribution >= 0.6 is 0 Å². The fourth-order valence-electron chi connectivity index (χ4n) is 1.75. The van der Waals surface area contributed by atoms with Gasteiger partial charge in [0.15, 0.2) is 0 Å². The summed E-state index contributed by atoms with van der Waals surface area (Å²) in [5, 5.41) is 0. The molecule has 0 fully saturated rings. The number of carbonyl (C=O) groups excluding carboxylic acids is 1. The SMILES string of the molecule is CCOc1ccc([C@H](CC(=O)OC)OC(C)C)cc1. The molecule has 0 aromatic heterocycles. The summed E-state index contributed by atoms with van der Waals surface area (Å²) < 4.78 is 15.9. The topological polar surface area (TPSA) is 44.8 Å². The Morgan fingerprint density at radius 2 is 1.84 bits per heavy atom. The minimum Gasteiger partial charge on any atom is -0.494 e. The molecule has 0 N–H and O–H groups in total. The lowest BCUT2D eigenvalue weighted by molar-refractivity contribution is -0.144. The van der Waals surface area contributed by atoms with Crippen LogP contribution in [0.25, 0.3) is 0 Å². The maximum absolute atomic E-state index is 11.4. The molecule has 1 aromatic carbocycles. The van der Waals surface area contributed by atoms with Crippen molar-refractivity contribution in [1.82, 2.24) is 0 Å². The van der Waals surface area contributed by atoms with Gasteiger partial charge in [-0.05, 0) is 38.5 Å². The van der Waals surface area contributed by atoms with Gasteiger partial charge in [0.1, 0.15) is 5.75 Å². The highest BCUT2D eigenvalue weighted by atomic mass is 16.5. The van der Waals surface area contributed by atoms with E-state index in [4.69, 9.17) is 14.2 Å². The third-order valence-corrected chi connectivity index (χ3v) is 2.58. The highest BCUT2D eigenvalue weighted by molar-refractivity contribution is 5.70. The van der Waals surface area contributed by atoms with Crippen molar-refractivity contribution >= 4 is 5.97 Å². The van der Waals surface area contributed by atoms with Gasteiger partial charge < -0.3 is 14.2 Å². The van der Waals surface area contributed by atoms with Gasteiger partial charge in [0.25, 0.3) is 0 Å². The number of carbonyl (C=O) groups is 1. The van der Waals surface area contributed by atoms with Gasteiger partial charge in [0, 0.05) is 0 Å². The Bertz CT molecular complexity index is 384. The van der Waals surface area contributed by atoms with Crippen LogP contribution in [0.1, 0.15) is 38.9 Å². The number of hydrogen-bond acceptors (Lipinski definition) is 4. The summed E-state index contributed by atoms with van der Waals surface area (Å²) in [6, 6.07) is 7.60. The number of benzene rings is 1. The fourth-order valence-corrected chi connectivity index (χ4v) is 1.75. The second kappa shape index (κ2) is 7.79. The number of hydrogen-bond donors (Lipinski definition) is 0. The Labute approximate surface area is 114 Å². The third kappa shape index (κ3) is 5.30. The van der Waals surface area contributed by atoms with E-state index in [-0.39, 0.29) is 24.6 Å². The van der Waals surface area contributed by atoms with Gasteiger partial charge in [-0.25, -0.2) is 0 Å². The first-order valence-electron chi connectivity index (χ1n) is 6.51. The van der Waals surface area contributed by atoms with Crippen LogP contribution in [0.15, 0.2) is 24.3 Å². The van der Waals surface area contributed by atoms with Gasteiger partial charge >= 0.3 is 5.97 Å². The third-order valence-electron chi connectivity index (χ3n) is 2.58. The second-order valence-electron chi connectivity index (χ2n) is 4.46. The highest BCUT2D eigenvalue weighted by Crippen LogP contribution is 2.25. The van der Waals surface area contributed by atoms with E-state index in [1.807, 2.05) is 45.0 Å². The Kier molecular flexibility index (Phi) is 6.36. The minimum atomic E-state index is -0.289. The summed E-state index contributed by atoms with van der Waals surface area (Å²) in [6.45, 7) is 6.46. The van der Waals surface area contributed by atoms with Crippen LogP contribution in [-0.4, -0.2) is 25.8 Å². The summed E-state index contributed by atoms with van der Waals surface area (Å²) in [7, 11) is 1.38.